The number of carbonyl (C=O) groups is 3. The van der Waals surface area contributed by atoms with Crippen LogP contribution >= 0.6 is 0 Å². The standard InChI is InChI=1S/C71H132O6/c1-4-7-10-13-16-18-20-22-24-26-28-30-32-34-35-37-38-40-42-44-46-48-50-52-55-58-61-64-70(73)76-67-68(66-75-69(72)63-60-57-54-15-12-9-6-3)77-71(74)65-62-59-56-53-51-49-47-45-43-41-39-36-33-31-29-27-25-23-21-19-17-14-11-8-5-2/h20,22,26,28,32,34,68H,4-19,21,23-25,27,29-31,33,35-67H2,1-3H3/b22-20-,28-26-,34-32-. The highest BCUT2D eigenvalue weighted by Crippen LogP contribution is 2.18. The zero-order chi connectivity index (χ0) is 55.7. The maximum absolute atomic E-state index is 12.9. The van der Waals surface area contributed by atoms with Crippen molar-refractivity contribution in [2.24, 2.45) is 0 Å². The van der Waals surface area contributed by atoms with Gasteiger partial charge in [0.2, 0.25) is 0 Å². The molecular weight excluding hydrogens is 949 g/mol. The van der Waals surface area contributed by atoms with Gasteiger partial charge in [-0.25, -0.2) is 0 Å². The number of rotatable bonds is 64. The van der Waals surface area contributed by atoms with E-state index in [2.05, 4.69) is 57.2 Å². The number of ether oxygens (including phenoxy) is 3. The zero-order valence-corrected chi connectivity index (χ0v) is 52.0. The van der Waals surface area contributed by atoms with Gasteiger partial charge in [-0.1, -0.05) is 340 Å². The smallest absolute Gasteiger partial charge is 0.306 e. The van der Waals surface area contributed by atoms with Crippen LogP contribution in [-0.2, 0) is 28.6 Å². The number of unbranched alkanes of at least 4 members (excludes halogenated alkanes) is 47. The minimum absolute atomic E-state index is 0.0677. The number of hydrogen-bond donors (Lipinski definition) is 0. The lowest BCUT2D eigenvalue weighted by Gasteiger charge is -2.18. The normalized spacial score (nSPS) is 12.2. The molecule has 0 saturated carbocycles. The first-order chi connectivity index (χ1) is 38.0. The van der Waals surface area contributed by atoms with E-state index in [-0.39, 0.29) is 31.1 Å². The minimum Gasteiger partial charge on any atom is -0.462 e. The third-order valence-corrected chi connectivity index (χ3v) is 15.6. The fourth-order valence-electron chi connectivity index (χ4n) is 10.5. The molecule has 0 spiro atoms. The van der Waals surface area contributed by atoms with Gasteiger partial charge < -0.3 is 14.2 Å². The Balaban J connectivity index is 4.05. The SMILES string of the molecule is CCCCCCC/C=C\C/C=C\C/C=C\CCCCCCCCCCCCCCC(=O)OCC(COC(=O)CCCCCCCCC)OC(=O)CCCCCCCCCCCCCCCCCCCCCCCCCCC. The molecule has 0 aromatic carbocycles. The third kappa shape index (κ3) is 64.3. The Morgan fingerprint density at radius 2 is 0.468 bits per heavy atom. The number of carbonyl (C=O) groups excluding carboxylic acids is 3. The molecule has 0 amide bonds. The van der Waals surface area contributed by atoms with Gasteiger partial charge >= 0.3 is 17.9 Å². The average molecular weight is 1080 g/mol. The molecule has 0 heterocycles. The highest BCUT2D eigenvalue weighted by molar-refractivity contribution is 5.71. The van der Waals surface area contributed by atoms with E-state index in [0.29, 0.717) is 19.3 Å². The van der Waals surface area contributed by atoms with Crippen LogP contribution in [0.25, 0.3) is 0 Å². The Morgan fingerprint density at radius 3 is 0.727 bits per heavy atom. The van der Waals surface area contributed by atoms with Crippen LogP contribution in [0, 0.1) is 0 Å². The molecule has 1 unspecified atom stereocenters. The van der Waals surface area contributed by atoms with E-state index in [1.54, 1.807) is 0 Å². The van der Waals surface area contributed by atoms with Gasteiger partial charge in [-0.05, 0) is 57.8 Å². The molecule has 6 nitrogen and oxygen atoms in total. The Kier molecular flexibility index (Phi) is 64.1. The summed E-state index contributed by atoms with van der Waals surface area (Å²) >= 11 is 0. The Bertz CT molecular complexity index is 1290. The minimum atomic E-state index is -0.768. The molecule has 0 N–H and O–H groups in total. The summed E-state index contributed by atoms with van der Waals surface area (Å²) in [5.41, 5.74) is 0. The highest BCUT2D eigenvalue weighted by Gasteiger charge is 2.19. The molecule has 0 radical (unpaired) electrons. The van der Waals surface area contributed by atoms with Gasteiger partial charge in [0.15, 0.2) is 6.10 Å². The summed E-state index contributed by atoms with van der Waals surface area (Å²) in [6.07, 6.45) is 82.0. The Labute approximate surface area is 480 Å². The van der Waals surface area contributed by atoms with Crippen molar-refractivity contribution in [1.29, 1.82) is 0 Å². The largest absolute Gasteiger partial charge is 0.462 e. The zero-order valence-electron chi connectivity index (χ0n) is 52.0. The molecule has 452 valence electrons. The van der Waals surface area contributed by atoms with E-state index < -0.39 is 6.10 Å². The second-order valence-corrected chi connectivity index (χ2v) is 23.5. The molecule has 77 heavy (non-hydrogen) atoms. The van der Waals surface area contributed by atoms with Gasteiger partial charge in [-0.15, -0.1) is 0 Å². The molecular formula is C71H132O6. The maximum Gasteiger partial charge on any atom is 0.306 e. The van der Waals surface area contributed by atoms with E-state index in [1.807, 2.05) is 0 Å². The lowest BCUT2D eigenvalue weighted by Crippen LogP contribution is -2.30. The molecule has 0 saturated heterocycles. The fraction of sp³-hybridized carbons (Fsp3) is 0.873. The summed E-state index contributed by atoms with van der Waals surface area (Å²) in [6.45, 7) is 6.65. The van der Waals surface area contributed by atoms with Gasteiger partial charge in [0.05, 0.1) is 0 Å². The topological polar surface area (TPSA) is 78.9 Å². The molecule has 0 bridgehead atoms. The monoisotopic (exact) mass is 1080 g/mol. The van der Waals surface area contributed by atoms with Crippen LogP contribution in [0.5, 0.6) is 0 Å². The molecule has 0 aliphatic rings. The molecule has 0 aliphatic heterocycles. The lowest BCUT2D eigenvalue weighted by atomic mass is 10.0. The maximum atomic E-state index is 12.9. The highest BCUT2D eigenvalue weighted by atomic mass is 16.6. The molecule has 0 rings (SSSR count). The predicted molar refractivity (Wildman–Crippen MR) is 335 cm³/mol. The van der Waals surface area contributed by atoms with Crippen molar-refractivity contribution in [3.63, 3.8) is 0 Å². The Morgan fingerprint density at radius 1 is 0.260 bits per heavy atom. The van der Waals surface area contributed by atoms with Crippen molar-refractivity contribution < 1.29 is 28.6 Å². The summed E-state index contributed by atoms with van der Waals surface area (Å²) in [6, 6.07) is 0. The van der Waals surface area contributed by atoms with Crippen molar-refractivity contribution >= 4 is 17.9 Å². The van der Waals surface area contributed by atoms with Gasteiger partial charge in [-0.3, -0.25) is 14.4 Å². The van der Waals surface area contributed by atoms with Crippen LogP contribution < -0.4 is 0 Å². The second kappa shape index (κ2) is 66.1. The van der Waals surface area contributed by atoms with E-state index >= 15 is 0 Å². The van der Waals surface area contributed by atoms with E-state index in [4.69, 9.17) is 14.2 Å². The summed E-state index contributed by atoms with van der Waals surface area (Å²) in [4.78, 5) is 38.1. The fourth-order valence-corrected chi connectivity index (χ4v) is 10.5. The van der Waals surface area contributed by atoms with Gasteiger partial charge in [-0.2, -0.15) is 0 Å². The quantitative estimate of drug-likeness (QED) is 0.0261. The first-order valence-electron chi connectivity index (χ1n) is 34.5. The number of esters is 3. The molecule has 6 heteroatoms. The summed E-state index contributed by atoms with van der Waals surface area (Å²) in [7, 11) is 0. The first-order valence-corrected chi connectivity index (χ1v) is 34.5. The molecule has 0 aliphatic carbocycles. The Hall–Kier alpha value is -2.37. The van der Waals surface area contributed by atoms with Gasteiger partial charge in [0.25, 0.3) is 0 Å². The van der Waals surface area contributed by atoms with Crippen LogP contribution in [0.3, 0.4) is 0 Å². The first kappa shape index (κ1) is 74.6. The van der Waals surface area contributed by atoms with Crippen LogP contribution in [0.4, 0.5) is 0 Å². The summed E-state index contributed by atoms with van der Waals surface area (Å²) in [5.74, 6) is -0.851. The lowest BCUT2D eigenvalue weighted by molar-refractivity contribution is -0.167. The van der Waals surface area contributed by atoms with Crippen molar-refractivity contribution in [3.8, 4) is 0 Å². The third-order valence-electron chi connectivity index (χ3n) is 15.6. The molecule has 0 aromatic heterocycles. The number of hydrogen-bond acceptors (Lipinski definition) is 6. The van der Waals surface area contributed by atoms with E-state index in [0.717, 1.165) is 70.6 Å². The predicted octanol–water partition coefficient (Wildman–Crippen LogP) is 23.6. The van der Waals surface area contributed by atoms with Crippen molar-refractivity contribution in [3.05, 3.63) is 36.5 Å². The average Bonchev–Trinajstić information content (AvgIpc) is 3.43. The molecule has 1 atom stereocenters. The summed E-state index contributed by atoms with van der Waals surface area (Å²) < 4.78 is 16.9. The van der Waals surface area contributed by atoms with Crippen molar-refractivity contribution in [2.45, 2.75) is 386 Å². The second-order valence-electron chi connectivity index (χ2n) is 23.5. The summed E-state index contributed by atoms with van der Waals surface area (Å²) in [5, 5.41) is 0. The molecule has 0 fully saturated rings. The van der Waals surface area contributed by atoms with Crippen molar-refractivity contribution in [2.75, 3.05) is 13.2 Å². The van der Waals surface area contributed by atoms with Gasteiger partial charge in [0, 0.05) is 19.3 Å². The van der Waals surface area contributed by atoms with Crippen molar-refractivity contribution in [1.82, 2.24) is 0 Å². The van der Waals surface area contributed by atoms with Gasteiger partial charge in [0.1, 0.15) is 13.2 Å². The molecule has 0 aromatic rings. The number of allylic oxidation sites excluding steroid dienone is 6. The van der Waals surface area contributed by atoms with Crippen LogP contribution in [0.1, 0.15) is 380 Å². The van der Waals surface area contributed by atoms with Crippen LogP contribution in [0.15, 0.2) is 36.5 Å². The van der Waals surface area contributed by atoms with E-state index in [1.165, 1.54) is 270 Å². The van der Waals surface area contributed by atoms with Crippen LogP contribution in [0.2, 0.25) is 0 Å². The van der Waals surface area contributed by atoms with E-state index in [9.17, 15) is 14.4 Å². The van der Waals surface area contributed by atoms with Crippen LogP contribution in [-0.4, -0.2) is 37.2 Å².